The van der Waals surface area contributed by atoms with Crippen LogP contribution in [0.2, 0.25) is 0 Å². The van der Waals surface area contributed by atoms with Crippen LogP contribution in [-0.4, -0.2) is 33.9 Å². The van der Waals surface area contributed by atoms with Crippen molar-refractivity contribution in [3.8, 4) is 0 Å². The lowest BCUT2D eigenvalue weighted by Crippen LogP contribution is -2.34. The minimum absolute atomic E-state index is 0.242. The molecule has 0 unspecified atom stereocenters. The third kappa shape index (κ3) is 3.60. The molecule has 29 heavy (non-hydrogen) atoms. The lowest BCUT2D eigenvalue weighted by molar-refractivity contribution is 0.214. The van der Waals surface area contributed by atoms with Crippen LogP contribution in [0.3, 0.4) is 0 Å². The van der Waals surface area contributed by atoms with Crippen LogP contribution in [0.1, 0.15) is 55.5 Å². The van der Waals surface area contributed by atoms with Crippen molar-refractivity contribution in [2.45, 2.75) is 44.9 Å². The van der Waals surface area contributed by atoms with Gasteiger partial charge < -0.3 is 9.32 Å². The lowest BCUT2D eigenvalue weighted by Gasteiger charge is -2.31. The van der Waals surface area contributed by atoms with Crippen molar-refractivity contribution in [1.82, 2.24) is 14.3 Å². The first-order valence-electron chi connectivity index (χ1n) is 10.4. The predicted molar refractivity (Wildman–Crippen MR) is 115 cm³/mol. The Morgan fingerprint density at radius 2 is 2.10 bits per heavy atom. The lowest BCUT2D eigenvalue weighted by atomic mass is 9.89. The second kappa shape index (κ2) is 7.58. The van der Waals surface area contributed by atoms with Crippen molar-refractivity contribution in [2.24, 2.45) is 0 Å². The molecule has 0 N–H and O–H groups in total. The summed E-state index contributed by atoms with van der Waals surface area (Å²) in [5.41, 5.74) is 4.42. The van der Waals surface area contributed by atoms with E-state index in [-0.39, 0.29) is 5.82 Å². The fraction of sp³-hybridized carbons (Fsp3) is 0.435. The van der Waals surface area contributed by atoms with Gasteiger partial charge >= 0.3 is 0 Å². The number of piperidine rings is 1. The van der Waals surface area contributed by atoms with E-state index in [9.17, 15) is 4.39 Å². The molecule has 0 spiro atoms. The second-order valence-electron chi connectivity index (χ2n) is 8.40. The van der Waals surface area contributed by atoms with Crippen molar-refractivity contribution >= 4 is 27.3 Å². The van der Waals surface area contributed by atoms with Gasteiger partial charge in [0.05, 0.1) is 12.0 Å². The molecule has 0 saturated carbocycles. The molecule has 0 radical (unpaired) electrons. The molecule has 1 saturated heterocycles. The van der Waals surface area contributed by atoms with Crippen LogP contribution >= 0.6 is 11.3 Å². The molecule has 0 atom stereocenters. The maximum absolute atomic E-state index is 13.4. The molecule has 1 fully saturated rings. The number of halogens is 1. The Morgan fingerprint density at radius 1 is 1.28 bits per heavy atom. The molecule has 1 aliphatic heterocycles. The van der Waals surface area contributed by atoms with E-state index in [1.54, 1.807) is 11.3 Å². The van der Waals surface area contributed by atoms with Crippen LogP contribution in [0.25, 0.3) is 15.9 Å². The fourth-order valence-corrected chi connectivity index (χ4v) is 5.30. The van der Waals surface area contributed by atoms with E-state index < -0.39 is 0 Å². The number of hydrogen-bond acceptors (Lipinski definition) is 4. The summed E-state index contributed by atoms with van der Waals surface area (Å²) in [7, 11) is 0. The average Bonchev–Trinajstić information content (AvgIpc) is 3.41. The smallest absolute Gasteiger partial charge is 0.194 e. The highest BCUT2D eigenvalue weighted by molar-refractivity contribution is 7.15. The van der Waals surface area contributed by atoms with Gasteiger partial charge in [-0.05, 0) is 49.9 Å². The van der Waals surface area contributed by atoms with Crippen molar-refractivity contribution < 1.29 is 8.81 Å². The van der Waals surface area contributed by atoms with Crippen LogP contribution in [0.15, 0.2) is 40.5 Å². The van der Waals surface area contributed by atoms with Crippen molar-refractivity contribution in [2.75, 3.05) is 19.6 Å². The Kier molecular flexibility index (Phi) is 4.92. The normalized spacial score (nSPS) is 16.6. The van der Waals surface area contributed by atoms with Gasteiger partial charge in [0, 0.05) is 47.3 Å². The molecular weight excluding hydrogens is 385 g/mol. The number of benzene rings is 1. The number of aromatic nitrogens is 2. The maximum Gasteiger partial charge on any atom is 0.194 e. The van der Waals surface area contributed by atoms with Gasteiger partial charge in [-0.3, -0.25) is 4.40 Å². The Labute approximate surface area is 174 Å². The van der Waals surface area contributed by atoms with Crippen molar-refractivity contribution in [1.29, 1.82) is 0 Å². The first-order valence-corrected chi connectivity index (χ1v) is 11.3. The van der Waals surface area contributed by atoms with Crippen LogP contribution in [0.4, 0.5) is 4.39 Å². The van der Waals surface area contributed by atoms with Gasteiger partial charge in [0.15, 0.2) is 4.96 Å². The van der Waals surface area contributed by atoms with Gasteiger partial charge in [-0.2, -0.15) is 0 Å². The second-order valence-corrected chi connectivity index (χ2v) is 9.23. The minimum Gasteiger partial charge on any atom is -0.464 e. The summed E-state index contributed by atoms with van der Waals surface area (Å²) in [6, 6.07) is 4.86. The molecule has 5 rings (SSSR count). The van der Waals surface area contributed by atoms with Crippen molar-refractivity contribution in [3.63, 3.8) is 0 Å². The van der Waals surface area contributed by atoms with Gasteiger partial charge in [0.2, 0.25) is 0 Å². The molecule has 0 amide bonds. The highest BCUT2D eigenvalue weighted by Crippen LogP contribution is 2.34. The zero-order valence-electron chi connectivity index (χ0n) is 16.9. The summed E-state index contributed by atoms with van der Waals surface area (Å²) < 4.78 is 21.3. The van der Waals surface area contributed by atoms with Gasteiger partial charge in [0.25, 0.3) is 0 Å². The van der Waals surface area contributed by atoms with E-state index in [0.717, 1.165) is 49.2 Å². The summed E-state index contributed by atoms with van der Waals surface area (Å²) in [4.78, 5) is 8.39. The quantitative estimate of drug-likeness (QED) is 0.414. The number of thiazole rings is 1. The van der Waals surface area contributed by atoms with E-state index in [1.807, 2.05) is 12.3 Å². The Balaban J connectivity index is 1.21. The standard InChI is InChI=1S/C23H26FN3OS/c1-15(2)21-12-27-18(14-29-23(27)25-21)7-10-26-8-5-16(6-9-26)20-13-28-22-11-17(24)3-4-19(20)22/h3-4,11-16H,5-10H2,1-2H3. The molecule has 4 heterocycles. The number of fused-ring (bicyclic) bond motifs is 2. The van der Waals surface area contributed by atoms with Gasteiger partial charge in [-0.15, -0.1) is 11.3 Å². The zero-order chi connectivity index (χ0) is 20.0. The highest BCUT2D eigenvalue weighted by atomic mass is 32.1. The number of nitrogens with zero attached hydrogens (tertiary/aromatic N) is 3. The molecule has 6 heteroatoms. The van der Waals surface area contributed by atoms with Crippen LogP contribution in [0, 0.1) is 5.82 Å². The molecule has 0 bridgehead atoms. The minimum atomic E-state index is -0.242. The summed E-state index contributed by atoms with van der Waals surface area (Å²) in [6.45, 7) is 7.64. The van der Waals surface area contributed by atoms with E-state index in [0.29, 0.717) is 17.4 Å². The van der Waals surface area contributed by atoms with E-state index in [4.69, 9.17) is 9.40 Å². The highest BCUT2D eigenvalue weighted by Gasteiger charge is 2.24. The number of hydrogen-bond donors (Lipinski definition) is 0. The van der Waals surface area contributed by atoms with E-state index >= 15 is 0 Å². The number of rotatable bonds is 5. The number of furan rings is 1. The first-order chi connectivity index (χ1) is 14.1. The van der Waals surface area contributed by atoms with Gasteiger partial charge in [-0.1, -0.05) is 13.8 Å². The number of likely N-dealkylation sites (tertiary alicyclic amines) is 1. The maximum atomic E-state index is 13.4. The molecule has 152 valence electrons. The van der Waals surface area contributed by atoms with Crippen LogP contribution in [-0.2, 0) is 6.42 Å². The van der Waals surface area contributed by atoms with Gasteiger partial charge in [0.1, 0.15) is 11.4 Å². The Bertz CT molecular complexity index is 1130. The topological polar surface area (TPSA) is 33.7 Å². The van der Waals surface area contributed by atoms with Crippen molar-refractivity contribution in [3.05, 3.63) is 58.8 Å². The molecule has 0 aliphatic carbocycles. The third-order valence-electron chi connectivity index (χ3n) is 6.17. The molecular formula is C23H26FN3OS. The van der Waals surface area contributed by atoms with E-state index in [2.05, 4.69) is 34.7 Å². The molecule has 4 nitrogen and oxygen atoms in total. The zero-order valence-corrected chi connectivity index (χ0v) is 17.7. The number of imidazole rings is 1. The largest absolute Gasteiger partial charge is 0.464 e. The molecule has 1 aromatic carbocycles. The summed E-state index contributed by atoms with van der Waals surface area (Å²) in [6.07, 6.45) is 7.32. The summed E-state index contributed by atoms with van der Waals surface area (Å²) in [5, 5.41) is 3.31. The fourth-order valence-electron chi connectivity index (χ4n) is 4.38. The van der Waals surface area contributed by atoms with E-state index in [1.165, 1.54) is 29.1 Å². The predicted octanol–water partition coefficient (Wildman–Crippen LogP) is 5.83. The summed E-state index contributed by atoms with van der Waals surface area (Å²) >= 11 is 1.74. The third-order valence-corrected chi connectivity index (χ3v) is 7.06. The monoisotopic (exact) mass is 411 g/mol. The summed E-state index contributed by atoms with van der Waals surface area (Å²) in [5.74, 6) is 0.715. The van der Waals surface area contributed by atoms with Crippen LogP contribution < -0.4 is 0 Å². The molecule has 3 aromatic heterocycles. The molecule has 4 aromatic rings. The SMILES string of the molecule is CC(C)c1cn2c(CCN3CCC(c4coc5cc(F)ccc45)CC3)csc2n1. The van der Waals surface area contributed by atoms with Crippen LogP contribution in [0.5, 0.6) is 0 Å². The Hall–Kier alpha value is -2.18. The average molecular weight is 412 g/mol. The first kappa shape index (κ1) is 18.8. The van der Waals surface area contributed by atoms with Gasteiger partial charge in [-0.25, -0.2) is 9.37 Å². The molecule has 1 aliphatic rings. The Morgan fingerprint density at radius 3 is 2.90 bits per heavy atom.